The number of primary amides is 1. The second-order valence-corrected chi connectivity index (χ2v) is 10.0. The lowest BCUT2D eigenvalue weighted by Crippen LogP contribution is -2.32. The Morgan fingerprint density at radius 3 is 2.66 bits per heavy atom. The summed E-state index contributed by atoms with van der Waals surface area (Å²) in [7, 11) is -3.76. The molecule has 0 saturated carbocycles. The Bertz CT molecular complexity index is 1110. The van der Waals surface area contributed by atoms with E-state index >= 15 is 0 Å². The highest BCUT2D eigenvalue weighted by Gasteiger charge is 2.27. The average molecular weight is 435 g/mol. The first-order valence-corrected chi connectivity index (χ1v) is 11.7. The van der Waals surface area contributed by atoms with E-state index in [0.717, 1.165) is 47.4 Å². The van der Waals surface area contributed by atoms with E-state index in [-0.39, 0.29) is 17.3 Å². The summed E-state index contributed by atoms with van der Waals surface area (Å²) in [6.45, 7) is 0.697. The second kappa shape index (κ2) is 7.43. The van der Waals surface area contributed by atoms with E-state index in [9.17, 15) is 18.0 Å². The monoisotopic (exact) mass is 434 g/mol. The Labute approximate surface area is 172 Å². The van der Waals surface area contributed by atoms with Crippen LogP contribution in [0.5, 0.6) is 0 Å². The van der Waals surface area contributed by atoms with Gasteiger partial charge in [-0.3, -0.25) is 9.59 Å². The number of sulfonamides is 1. The summed E-state index contributed by atoms with van der Waals surface area (Å²) in [5.74, 6) is -0.754. The third-order valence-electron chi connectivity index (χ3n) is 5.38. The number of fused-ring (bicyclic) bond motifs is 2. The van der Waals surface area contributed by atoms with E-state index in [1.807, 2.05) is 4.90 Å². The first-order chi connectivity index (χ1) is 13.7. The summed E-state index contributed by atoms with van der Waals surface area (Å²) in [5, 5.41) is 8.58. The Morgan fingerprint density at radius 1 is 1.17 bits per heavy atom. The number of anilines is 2. The van der Waals surface area contributed by atoms with Gasteiger partial charge >= 0.3 is 0 Å². The van der Waals surface area contributed by atoms with Crippen LogP contribution in [0.15, 0.2) is 23.1 Å². The minimum atomic E-state index is -3.76. The van der Waals surface area contributed by atoms with E-state index in [2.05, 4.69) is 5.32 Å². The molecule has 2 aromatic rings. The number of carbonyl (C=O) groups is 2. The summed E-state index contributed by atoms with van der Waals surface area (Å²) < 4.78 is 23.1. The summed E-state index contributed by atoms with van der Waals surface area (Å²) in [4.78, 5) is 27.7. The maximum atomic E-state index is 12.7. The number of aryl methyl sites for hydroxylation is 1. The van der Waals surface area contributed by atoms with Gasteiger partial charge in [0.1, 0.15) is 5.00 Å². The van der Waals surface area contributed by atoms with Crippen molar-refractivity contribution >= 4 is 43.9 Å². The number of thiophene rings is 1. The number of benzene rings is 1. The molecule has 0 spiro atoms. The molecular weight excluding hydrogens is 412 g/mol. The van der Waals surface area contributed by atoms with Crippen molar-refractivity contribution in [2.75, 3.05) is 23.3 Å². The lowest BCUT2D eigenvalue weighted by atomic mass is 9.95. The zero-order valence-corrected chi connectivity index (χ0v) is 17.4. The Morgan fingerprint density at radius 2 is 1.93 bits per heavy atom. The third kappa shape index (κ3) is 3.87. The van der Waals surface area contributed by atoms with Crippen LogP contribution in [0.25, 0.3) is 0 Å². The number of nitrogens with one attached hydrogen (secondary N) is 1. The van der Waals surface area contributed by atoms with E-state index in [1.54, 1.807) is 12.1 Å². The molecule has 4 rings (SSSR count). The van der Waals surface area contributed by atoms with Gasteiger partial charge < -0.3 is 16.0 Å². The number of amides is 2. The van der Waals surface area contributed by atoms with Crippen LogP contribution in [0.1, 0.15) is 39.2 Å². The van der Waals surface area contributed by atoms with Gasteiger partial charge in [-0.15, -0.1) is 11.3 Å². The van der Waals surface area contributed by atoms with Crippen molar-refractivity contribution in [3.05, 3.63) is 39.8 Å². The number of hydrogen-bond acceptors (Lipinski definition) is 6. The molecule has 1 aliphatic carbocycles. The van der Waals surface area contributed by atoms with Crippen LogP contribution in [0.2, 0.25) is 0 Å². The van der Waals surface area contributed by atoms with E-state index < -0.39 is 15.9 Å². The molecule has 2 aliphatic rings. The first kappa shape index (κ1) is 19.9. The second-order valence-electron chi connectivity index (χ2n) is 7.33. The molecule has 1 aliphatic heterocycles. The first-order valence-electron chi connectivity index (χ1n) is 9.39. The van der Waals surface area contributed by atoms with Gasteiger partial charge in [0.25, 0.3) is 5.91 Å². The van der Waals surface area contributed by atoms with Crippen molar-refractivity contribution in [1.82, 2.24) is 0 Å². The Balaban J connectivity index is 1.51. The van der Waals surface area contributed by atoms with Crippen LogP contribution in [-0.2, 0) is 34.1 Å². The number of nitrogens with two attached hydrogens (primary N) is 2. The molecule has 0 unspecified atom stereocenters. The van der Waals surface area contributed by atoms with Crippen molar-refractivity contribution in [3.8, 4) is 0 Å². The van der Waals surface area contributed by atoms with Gasteiger partial charge in [0.05, 0.1) is 17.0 Å². The van der Waals surface area contributed by atoms with Crippen LogP contribution >= 0.6 is 11.3 Å². The third-order valence-corrected chi connectivity index (χ3v) is 7.49. The highest BCUT2D eigenvalue weighted by atomic mass is 32.2. The van der Waals surface area contributed by atoms with E-state index in [1.165, 1.54) is 17.4 Å². The Kier molecular flexibility index (Phi) is 5.09. The minimum Gasteiger partial charge on any atom is -0.365 e. The van der Waals surface area contributed by atoms with Crippen LogP contribution < -0.4 is 21.1 Å². The number of rotatable bonds is 5. The highest BCUT2D eigenvalue weighted by molar-refractivity contribution is 7.89. The summed E-state index contributed by atoms with van der Waals surface area (Å²) in [6, 6.07) is 4.68. The molecule has 10 heteroatoms. The van der Waals surface area contributed by atoms with Gasteiger partial charge in [0.2, 0.25) is 15.9 Å². The smallest absolute Gasteiger partial charge is 0.251 e. The molecule has 0 fully saturated rings. The van der Waals surface area contributed by atoms with Crippen LogP contribution in [0.4, 0.5) is 10.7 Å². The molecule has 154 valence electrons. The highest BCUT2D eigenvalue weighted by Crippen LogP contribution is 2.38. The molecule has 29 heavy (non-hydrogen) atoms. The van der Waals surface area contributed by atoms with Gasteiger partial charge in [-0.1, -0.05) is 0 Å². The van der Waals surface area contributed by atoms with Gasteiger partial charge in [0, 0.05) is 17.1 Å². The van der Waals surface area contributed by atoms with Crippen molar-refractivity contribution < 1.29 is 18.0 Å². The maximum Gasteiger partial charge on any atom is 0.251 e. The van der Waals surface area contributed by atoms with E-state index in [4.69, 9.17) is 10.9 Å². The number of hydrogen-bond donors (Lipinski definition) is 3. The lowest BCUT2D eigenvalue weighted by molar-refractivity contribution is -0.114. The predicted molar refractivity (Wildman–Crippen MR) is 112 cm³/mol. The fraction of sp³-hybridized carbons (Fsp3) is 0.368. The average Bonchev–Trinajstić information content (AvgIpc) is 3.21. The van der Waals surface area contributed by atoms with Crippen molar-refractivity contribution in [2.24, 2.45) is 10.9 Å². The lowest BCUT2D eigenvalue weighted by Gasteiger charge is -2.19. The standard InChI is InChI=1S/C19H22N4O4S2/c20-18(25)17-13-3-1-2-4-15(13)28-19(17)22-16(24)10-23-8-7-11-9-12(29(21,26)27)5-6-14(11)23/h5-6,9H,1-4,7-8,10H2,(H2,20,25)(H,22,24)(H2,21,26,27). The summed E-state index contributed by atoms with van der Waals surface area (Å²) >= 11 is 1.43. The SMILES string of the molecule is NC(=O)c1c(NC(=O)CN2CCc3cc(S(N)(=O)=O)ccc32)sc2c1CCCC2. The Hall–Kier alpha value is -2.43. The molecule has 5 N–H and O–H groups in total. The molecule has 2 heterocycles. The summed E-state index contributed by atoms with van der Waals surface area (Å²) in [6.07, 6.45) is 4.44. The molecule has 0 saturated heterocycles. The van der Waals surface area contributed by atoms with Crippen LogP contribution in [0, 0.1) is 0 Å². The molecule has 0 radical (unpaired) electrons. The number of carbonyl (C=O) groups excluding carboxylic acids is 2. The molecule has 8 nitrogen and oxygen atoms in total. The topological polar surface area (TPSA) is 136 Å². The predicted octanol–water partition coefficient (Wildman–Crippen LogP) is 1.37. The van der Waals surface area contributed by atoms with Crippen molar-refractivity contribution in [1.29, 1.82) is 0 Å². The maximum absolute atomic E-state index is 12.7. The van der Waals surface area contributed by atoms with Gasteiger partial charge in [-0.2, -0.15) is 0 Å². The zero-order valence-electron chi connectivity index (χ0n) is 15.7. The van der Waals surface area contributed by atoms with Gasteiger partial charge in [0.15, 0.2) is 0 Å². The van der Waals surface area contributed by atoms with Gasteiger partial charge in [-0.25, -0.2) is 13.6 Å². The minimum absolute atomic E-state index is 0.0674. The normalized spacial score (nSPS) is 15.7. The van der Waals surface area contributed by atoms with Crippen LogP contribution in [0.3, 0.4) is 0 Å². The fourth-order valence-corrected chi connectivity index (χ4v) is 5.92. The molecule has 0 bridgehead atoms. The molecule has 0 atom stereocenters. The molecular formula is C19H22N4O4S2. The van der Waals surface area contributed by atoms with Crippen molar-refractivity contribution in [3.63, 3.8) is 0 Å². The van der Waals surface area contributed by atoms with Crippen molar-refractivity contribution in [2.45, 2.75) is 37.0 Å². The quantitative estimate of drug-likeness (QED) is 0.653. The zero-order chi connectivity index (χ0) is 20.8. The molecule has 1 aromatic heterocycles. The van der Waals surface area contributed by atoms with E-state index in [0.29, 0.717) is 23.5 Å². The molecule has 1 aromatic carbocycles. The largest absolute Gasteiger partial charge is 0.365 e. The molecule has 2 amide bonds. The number of nitrogens with zero attached hydrogens (tertiary/aromatic N) is 1. The summed E-state index contributed by atoms with van der Waals surface area (Å²) in [5.41, 5.74) is 8.66. The number of primary sulfonamides is 1. The van der Waals surface area contributed by atoms with Gasteiger partial charge in [-0.05, 0) is 61.4 Å². The van der Waals surface area contributed by atoms with Crippen LogP contribution in [-0.4, -0.2) is 33.3 Å². The fourth-order valence-electron chi connectivity index (χ4n) is 4.04.